The van der Waals surface area contributed by atoms with Crippen molar-refractivity contribution >= 4 is 84.8 Å². The third-order valence-corrected chi connectivity index (χ3v) is 12.7. The third-order valence-electron chi connectivity index (χ3n) is 8.85. The number of nitrogens with zero attached hydrogens (tertiary/aromatic N) is 7. The maximum Gasteiger partial charge on any atom is 0.366 e. The van der Waals surface area contributed by atoms with Gasteiger partial charge in [-0.1, -0.05) is 72.8 Å². The van der Waals surface area contributed by atoms with E-state index in [2.05, 4.69) is 34.9 Å². The van der Waals surface area contributed by atoms with Crippen LogP contribution in [-0.4, -0.2) is 90.7 Å². The molecule has 8 bridgehead atoms. The van der Waals surface area contributed by atoms with Crippen LogP contribution in [0, 0.1) is 0 Å². The van der Waals surface area contributed by atoms with Crippen molar-refractivity contribution in [3.05, 3.63) is 78.9 Å². The first-order valence-corrected chi connectivity index (χ1v) is 21.3. The summed E-state index contributed by atoms with van der Waals surface area (Å²) in [6, 6.07) is 19.3. The molecule has 24 heteroatoms. The van der Waals surface area contributed by atoms with Crippen molar-refractivity contribution < 1.29 is 51.9 Å². The molecule has 282 valence electrons. The smallest absolute Gasteiger partial charge is 0.324 e. The topological polar surface area (TPSA) is 316 Å². The van der Waals surface area contributed by atoms with Crippen molar-refractivity contribution in [3.63, 3.8) is 0 Å². The summed E-state index contributed by atoms with van der Waals surface area (Å²) < 4.78 is 145. The average molecular weight is 835 g/mol. The van der Waals surface area contributed by atoms with Gasteiger partial charge in [-0.15, -0.1) is 0 Å². The number of H-pyrrole nitrogens is 1. The SMILES string of the molecule is O=S(=O)(O)c1cc2c3nc4nc(nc5c6ccccc6c(nc6nc(nc([nH]3)c2c(S(=O)(=O)O)c1S(=O)(=O)O)-c1ccccc1-6)n5S(=O)(=O)O)-c1ccccc1-4. The van der Waals surface area contributed by atoms with Crippen LogP contribution < -0.4 is 0 Å². The fourth-order valence-electron chi connectivity index (χ4n) is 6.70. The van der Waals surface area contributed by atoms with Crippen molar-refractivity contribution in [1.82, 2.24) is 38.9 Å². The Hall–Kier alpha value is -6.12. The minimum absolute atomic E-state index is 0.142. The molecule has 0 atom stereocenters. The standard InChI is InChI=1S/C32H18N8O12S4/c41-53(42,43)21-13-20-22(24(55(47,48)49)23(21)54(44,45)46)30-36-26-15-8-2-4-10-17(15)28(34-26)39-32-19-12-6-5-11-18(19)31(40(32)56(50,51)52)38-27-16-9-3-1-7-14(16)25(33-27)35-29(20)37-30/h1-13H,(H,41,42,43)(H,44,45,46)(H,47,48,49)(H,50,51,52)(H,33,34,35,36,37,38,39). The molecule has 56 heavy (non-hydrogen) atoms. The molecule has 0 saturated carbocycles. The van der Waals surface area contributed by atoms with Crippen LogP contribution in [0.1, 0.15) is 0 Å². The zero-order valence-corrected chi connectivity index (χ0v) is 30.6. The molecule has 0 saturated heterocycles. The number of rotatable bonds is 4. The molecule has 5 N–H and O–H groups in total. The average Bonchev–Trinajstić information content (AvgIpc) is 3.84. The summed E-state index contributed by atoms with van der Waals surface area (Å²) in [5.74, 6) is -0.765. The molecule has 2 aliphatic heterocycles. The van der Waals surface area contributed by atoms with Crippen LogP contribution in [0.3, 0.4) is 0 Å². The van der Waals surface area contributed by atoms with E-state index < -0.39 is 77.4 Å². The summed E-state index contributed by atoms with van der Waals surface area (Å²) >= 11 is 0. The number of nitrogens with one attached hydrogen (secondary N) is 1. The van der Waals surface area contributed by atoms with E-state index in [0.29, 0.717) is 10.0 Å². The number of benzene rings is 4. The van der Waals surface area contributed by atoms with Gasteiger partial charge in [-0.2, -0.15) is 37.6 Å². The predicted molar refractivity (Wildman–Crippen MR) is 196 cm³/mol. The van der Waals surface area contributed by atoms with Gasteiger partial charge in [0.05, 0.1) is 5.39 Å². The van der Waals surface area contributed by atoms with Gasteiger partial charge in [-0.3, -0.25) is 18.2 Å². The molecule has 3 aromatic heterocycles. The maximum atomic E-state index is 13.2. The van der Waals surface area contributed by atoms with Gasteiger partial charge in [0.15, 0.2) is 34.6 Å². The lowest BCUT2D eigenvalue weighted by Gasteiger charge is -2.10. The number of aromatic amines is 1. The summed E-state index contributed by atoms with van der Waals surface area (Å²) in [7, 11) is -22.5. The molecule has 9 rings (SSSR count). The highest BCUT2D eigenvalue weighted by Crippen LogP contribution is 2.41. The summed E-state index contributed by atoms with van der Waals surface area (Å²) in [6.07, 6.45) is 0. The van der Waals surface area contributed by atoms with Crippen molar-refractivity contribution in [1.29, 1.82) is 0 Å². The van der Waals surface area contributed by atoms with E-state index in [1.165, 1.54) is 24.3 Å². The van der Waals surface area contributed by atoms with E-state index in [1.54, 1.807) is 48.5 Å². The zero-order chi connectivity index (χ0) is 39.7. The second-order valence-electron chi connectivity index (χ2n) is 12.2. The van der Waals surface area contributed by atoms with Crippen molar-refractivity contribution in [2.75, 3.05) is 0 Å². The summed E-state index contributed by atoms with van der Waals surface area (Å²) in [5, 5.41) is -0.923. The summed E-state index contributed by atoms with van der Waals surface area (Å²) in [6.45, 7) is 0. The second-order valence-corrected chi connectivity index (χ2v) is 17.6. The van der Waals surface area contributed by atoms with Gasteiger partial charge >= 0.3 is 10.3 Å². The van der Waals surface area contributed by atoms with Crippen LogP contribution in [0.5, 0.6) is 0 Å². The highest BCUT2D eigenvalue weighted by molar-refractivity contribution is 7.90. The minimum atomic E-state index is -5.87. The lowest BCUT2D eigenvalue weighted by Crippen LogP contribution is -2.15. The first-order chi connectivity index (χ1) is 26.3. The minimum Gasteiger partial charge on any atom is -0.324 e. The third kappa shape index (κ3) is 5.46. The molecular weight excluding hydrogens is 817 g/mol. The van der Waals surface area contributed by atoms with E-state index in [4.69, 9.17) is 0 Å². The van der Waals surface area contributed by atoms with Gasteiger partial charge in [0.1, 0.15) is 26.0 Å². The van der Waals surface area contributed by atoms with E-state index in [-0.39, 0.29) is 67.6 Å². The predicted octanol–water partition coefficient (Wildman–Crippen LogP) is 3.73. The van der Waals surface area contributed by atoms with Gasteiger partial charge in [-0.25, -0.2) is 29.9 Å². The monoisotopic (exact) mass is 834 g/mol. The highest BCUT2D eigenvalue weighted by Gasteiger charge is 2.37. The molecule has 2 aliphatic rings. The van der Waals surface area contributed by atoms with Crippen molar-refractivity contribution in [2.24, 2.45) is 0 Å². The fourth-order valence-corrected chi connectivity index (χ4v) is 10.8. The molecule has 0 fully saturated rings. The van der Waals surface area contributed by atoms with E-state index in [0.717, 1.165) is 0 Å². The molecule has 7 aromatic rings. The van der Waals surface area contributed by atoms with Crippen LogP contribution in [0.4, 0.5) is 0 Å². The molecular formula is C32H18N8O12S4. The van der Waals surface area contributed by atoms with Crippen LogP contribution in [0.15, 0.2) is 93.5 Å². The Morgan fingerprint density at radius 3 is 1.29 bits per heavy atom. The quantitative estimate of drug-likeness (QED) is 0.158. The Kier molecular flexibility index (Phi) is 7.43. The summed E-state index contributed by atoms with van der Waals surface area (Å²) in [5.41, 5.74) is -0.711. The Balaban J connectivity index is 1.62. The molecule has 5 heterocycles. The van der Waals surface area contributed by atoms with Crippen LogP contribution in [0.25, 0.3) is 89.7 Å². The molecule has 0 radical (unpaired) electrons. The van der Waals surface area contributed by atoms with Crippen molar-refractivity contribution in [3.8, 4) is 45.6 Å². The lowest BCUT2D eigenvalue weighted by molar-refractivity contribution is 0.457. The highest BCUT2D eigenvalue weighted by atomic mass is 32.2. The van der Waals surface area contributed by atoms with Gasteiger partial charge in [0.25, 0.3) is 30.4 Å². The molecule has 0 unspecified atom stereocenters. The first kappa shape index (κ1) is 35.6. The zero-order valence-electron chi connectivity index (χ0n) is 27.3. The van der Waals surface area contributed by atoms with Gasteiger partial charge in [0.2, 0.25) is 0 Å². The lowest BCUT2D eigenvalue weighted by atomic mass is 10.1. The Bertz CT molecular complexity index is 3610. The maximum absolute atomic E-state index is 13.2. The first-order valence-electron chi connectivity index (χ1n) is 15.5. The number of aromatic nitrogens is 8. The number of hydrogen-bond acceptors (Lipinski definition) is 14. The van der Waals surface area contributed by atoms with Gasteiger partial charge in [-0.05, 0) is 6.07 Å². The van der Waals surface area contributed by atoms with Crippen LogP contribution in [0.2, 0.25) is 0 Å². The van der Waals surface area contributed by atoms with E-state index in [1.807, 2.05) is 0 Å². The normalized spacial score (nSPS) is 13.2. The van der Waals surface area contributed by atoms with Gasteiger partial charge in [0, 0.05) is 38.4 Å². The van der Waals surface area contributed by atoms with Crippen LogP contribution >= 0.6 is 0 Å². The number of fused-ring (bicyclic) bond motifs is 20. The largest absolute Gasteiger partial charge is 0.366 e. The fraction of sp³-hybridized carbons (Fsp3) is 0. The molecule has 0 spiro atoms. The van der Waals surface area contributed by atoms with Gasteiger partial charge < -0.3 is 4.98 Å². The van der Waals surface area contributed by atoms with Crippen molar-refractivity contribution in [2.45, 2.75) is 14.7 Å². The summed E-state index contributed by atoms with van der Waals surface area (Å²) in [4.78, 5) is 24.5. The molecule has 4 aromatic carbocycles. The molecule has 0 amide bonds. The Morgan fingerprint density at radius 1 is 0.464 bits per heavy atom. The van der Waals surface area contributed by atoms with E-state index >= 15 is 0 Å². The molecule has 0 aliphatic carbocycles. The Labute approximate surface area is 313 Å². The molecule has 20 nitrogen and oxygen atoms in total. The second kappa shape index (κ2) is 11.7. The number of hydrogen-bond donors (Lipinski definition) is 5. The van der Waals surface area contributed by atoms with E-state index in [9.17, 15) is 51.9 Å². The van der Waals surface area contributed by atoms with Crippen LogP contribution in [-0.2, 0) is 40.7 Å². The Morgan fingerprint density at radius 2 is 0.875 bits per heavy atom.